The predicted molar refractivity (Wildman–Crippen MR) is 82.3 cm³/mol. The SMILES string of the molecule is OC[C@H]1O[C@](O)(n2nnc(-c3ccccc3)c2I)[C@H](O)[C@@H]1O. The van der Waals surface area contributed by atoms with Gasteiger partial charge in [-0.3, -0.25) is 0 Å². The maximum atomic E-state index is 10.6. The van der Waals surface area contributed by atoms with Gasteiger partial charge in [-0.05, 0) is 22.6 Å². The number of aromatic nitrogens is 3. The monoisotopic (exact) mass is 419 g/mol. The van der Waals surface area contributed by atoms with Crippen LogP contribution in [-0.4, -0.2) is 60.3 Å². The molecule has 2 aromatic rings. The average Bonchev–Trinajstić information content (AvgIpc) is 3.02. The van der Waals surface area contributed by atoms with E-state index in [-0.39, 0.29) is 0 Å². The molecule has 4 atom stereocenters. The van der Waals surface area contributed by atoms with Gasteiger partial charge in [0.2, 0.25) is 0 Å². The first-order valence-electron chi connectivity index (χ1n) is 6.53. The second kappa shape index (κ2) is 5.83. The number of rotatable bonds is 3. The van der Waals surface area contributed by atoms with Gasteiger partial charge in [0, 0.05) is 5.56 Å². The lowest BCUT2D eigenvalue weighted by Gasteiger charge is -2.26. The van der Waals surface area contributed by atoms with Crippen LogP contribution in [0.3, 0.4) is 0 Å². The molecule has 4 N–H and O–H groups in total. The maximum Gasteiger partial charge on any atom is 0.301 e. The molecule has 1 aliphatic rings. The molecule has 8 nitrogen and oxygen atoms in total. The Kier molecular flexibility index (Phi) is 4.18. The molecule has 1 aromatic carbocycles. The smallest absolute Gasteiger partial charge is 0.301 e. The molecule has 1 fully saturated rings. The lowest BCUT2D eigenvalue weighted by molar-refractivity contribution is -0.296. The second-order valence-corrected chi connectivity index (χ2v) is 5.96. The van der Waals surface area contributed by atoms with E-state index in [9.17, 15) is 15.3 Å². The topological polar surface area (TPSA) is 121 Å². The van der Waals surface area contributed by atoms with Crippen molar-refractivity contribution in [2.24, 2.45) is 0 Å². The van der Waals surface area contributed by atoms with Crippen molar-refractivity contribution in [3.63, 3.8) is 0 Å². The minimum Gasteiger partial charge on any atom is -0.394 e. The summed E-state index contributed by atoms with van der Waals surface area (Å²) < 4.78 is 6.63. The molecule has 9 heteroatoms. The zero-order valence-corrected chi connectivity index (χ0v) is 13.4. The van der Waals surface area contributed by atoms with Gasteiger partial charge in [0.15, 0.2) is 6.10 Å². The molecule has 0 spiro atoms. The van der Waals surface area contributed by atoms with Crippen LogP contribution in [0.25, 0.3) is 11.3 Å². The summed E-state index contributed by atoms with van der Waals surface area (Å²) in [7, 11) is 0. The Balaban J connectivity index is 2.02. The van der Waals surface area contributed by atoms with Crippen molar-refractivity contribution in [3.8, 4) is 11.3 Å². The number of halogens is 1. The molecule has 0 amide bonds. The summed E-state index contributed by atoms with van der Waals surface area (Å²) in [5, 5.41) is 47.4. The van der Waals surface area contributed by atoms with Crippen molar-refractivity contribution in [2.75, 3.05) is 6.61 Å². The number of benzene rings is 1. The molecule has 0 bridgehead atoms. The van der Waals surface area contributed by atoms with Gasteiger partial charge in [-0.2, -0.15) is 4.68 Å². The standard InChI is InChI=1S/C13H14IN3O5/c14-12-9(7-4-2-1-3-5-7)15-16-17(12)13(21)11(20)10(19)8(6-18)22-13/h1-5,8,10-11,18-21H,6H2/t8-,10-,11-,13+/m1/s1. The molecule has 22 heavy (non-hydrogen) atoms. The zero-order chi connectivity index (χ0) is 15.9. The fraction of sp³-hybridized carbons (Fsp3) is 0.385. The zero-order valence-electron chi connectivity index (χ0n) is 11.2. The van der Waals surface area contributed by atoms with E-state index in [0.717, 1.165) is 10.2 Å². The molecule has 3 rings (SSSR count). The minimum atomic E-state index is -2.29. The van der Waals surface area contributed by atoms with Gasteiger partial charge in [0.1, 0.15) is 21.6 Å². The van der Waals surface area contributed by atoms with Crippen molar-refractivity contribution in [1.29, 1.82) is 0 Å². The van der Waals surface area contributed by atoms with Crippen molar-refractivity contribution in [2.45, 2.75) is 24.2 Å². The number of ether oxygens (including phenoxy) is 1. The summed E-state index contributed by atoms with van der Waals surface area (Å²) in [5.74, 6) is -2.29. The van der Waals surface area contributed by atoms with Crippen molar-refractivity contribution < 1.29 is 25.2 Å². The van der Waals surface area contributed by atoms with Crippen LogP contribution in [0.1, 0.15) is 0 Å². The number of nitrogens with zero attached hydrogens (tertiary/aromatic N) is 3. The van der Waals surface area contributed by atoms with E-state index in [1.807, 2.05) is 52.9 Å². The largest absolute Gasteiger partial charge is 0.394 e. The highest BCUT2D eigenvalue weighted by molar-refractivity contribution is 14.1. The third-order valence-corrected chi connectivity index (χ3v) is 4.53. The lowest BCUT2D eigenvalue weighted by atomic mass is 10.1. The summed E-state index contributed by atoms with van der Waals surface area (Å²) in [4.78, 5) is 0. The highest BCUT2D eigenvalue weighted by Gasteiger charge is 2.56. The molecule has 1 aliphatic heterocycles. The highest BCUT2D eigenvalue weighted by atomic mass is 127. The summed E-state index contributed by atoms with van der Waals surface area (Å²) in [6.45, 7) is -0.544. The van der Waals surface area contributed by atoms with Crippen LogP contribution >= 0.6 is 22.6 Å². The van der Waals surface area contributed by atoms with Gasteiger partial charge in [0.25, 0.3) is 0 Å². The molecule has 0 saturated carbocycles. The van der Waals surface area contributed by atoms with Crippen LogP contribution in [0.15, 0.2) is 30.3 Å². The third-order valence-electron chi connectivity index (χ3n) is 3.56. The molecular weight excluding hydrogens is 405 g/mol. The van der Waals surface area contributed by atoms with Crippen LogP contribution in [0.4, 0.5) is 0 Å². The first-order valence-corrected chi connectivity index (χ1v) is 7.61. The van der Waals surface area contributed by atoms with E-state index in [1.165, 1.54) is 0 Å². The Morgan fingerprint density at radius 1 is 1.27 bits per heavy atom. The van der Waals surface area contributed by atoms with Gasteiger partial charge in [-0.1, -0.05) is 35.5 Å². The molecule has 1 saturated heterocycles. The highest BCUT2D eigenvalue weighted by Crippen LogP contribution is 2.35. The van der Waals surface area contributed by atoms with Gasteiger partial charge in [-0.15, -0.1) is 5.10 Å². The first-order chi connectivity index (χ1) is 10.5. The third kappa shape index (κ3) is 2.33. The van der Waals surface area contributed by atoms with E-state index in [1.54, 1.807) is 0 Å². The van der Waals surface area contributed by atoms with E-state index in [2.05, 4.69) is 10.3 Å². The van der Waals surface area contributed by atoms with Crippen LogP contribution in [0, 0.1) is 3.70 Å². The Morgan fingerprint density at radius 3 is 2.55 bits per heavy atom. The summed E-state index contributed by atoms with van der Waals surface area (Å²) in [6, 6.07) is 9.20. The Labute approximate surface area is 139 Å². The lowest BCUT2D eigenvalue weighted by Crippen LogP contribution is -2.46. The quantitative estimate of drug-likeness (QED) is 0.484. The minimum absolute atomic E-state index is 0.427. The summed E-state index contributed by atoms with van der Waals surface area (Å²) in [5.41, 5.74) is 1.29. The Bertz CT molecular complexity index is 667. The number of hydrogen-bond donors (Lipinski definition) is 4. The van der Waals surface area contributed by atoms with E-state index < -0.39 is 30.8 Å². The average molecular weight is 419 g/mol. The molecule has 0 unspecified atom stereocenters. The molecule has 1 aromatic heterocycles. The summed E-state index contributed by atoms with van der Waals surface area (Å²) >= 11 is 1.92. The fourth-order valence-corrected chi connectivity index (χ4v) is 3.22. The molecule has 118 valence electrons. The van der Waals surface area contributed by atoms with Crippen LogP contribution in [0.2, 0.25) is 0 Å². The molecular formula is C13H14IN3O5. The first kappa shape index (κ1) is 15.8. The van der Waals surface area contributed by atoms with Crippen LogP contribution in [-0.2, 0) is 10.6 Å². The van der Waals surface area contributed by atoms with Gasteiger partial charge in [-0.25, -0.2) is 0 Å². The van der Waals surface area contributed by atoms with E-state index in [0.29, 0.717) is 9.39 Å². The number of hydrogen-bond acceptors (Lipinski definition) is 7. The van der Waals surface area contributed by atoms with Crippen molar-refractivity contribution >= 4 is 22.6 Å². The predicted octanol–water partition coefficient (Wildman–Crippen LogP) is -0.735. The number of aliphatic hydroxyl groups excluding tert-OH is 3. The van der Waals surface area contributed by atoms with E-state index in [4.69, 9.17) is 9.84 Å². The molecule has 0 radical (unpaired) electrons. The Morgan fingerprint density at radius 2 is 1.95 bits per heavy atom. The van der Waals surface area contributed by atoms with Crippen LogP contribution < -0.4 is 0 Å². The van der Waals surface area contributed by atoms with Crippen molar-refractivity contribution in [3.05, 3.63) is 34.0 Å². The fourth-order valence-electron chi connectivity index (χ4n) is 2.36. The van der Waals surface area contributed by atoms with Crippen LogP contribution in [0.5, 0.6) is 0 Å². The maximum absolute atomic E-state index is 10.6. The second-order valence-electron chi connectivity index (χ2n) is 4.94. The molecule has 0 aliphatic carbocycles. The van der Waals surface area contributed by atoms with E-state index >= 15 is 0 Å². The normalized spacial score (nSPS) is 31.6. The number of aliphatic hydroxyl groups is 4. The van der Waals surface area contributed by atoms with Gasteiger partial charge in [0.05, 0.1) is 6.61 Å². The van der Waals surface area contributed by atoms with Gasteiger partial charge >= 0.3 is 5.91 Å². The molecule has 2 heterocycles. The summed E-state index contributed by atoms with van der Waals surface area (Å²) in [6.07, 6.45) is -4.21. The Hall–Kier alpha value is -1.11. The van der Waals surface area contributed by atoms with Gasteiger partial charge < -0.3 is 25.2 Å². The van der Waals surface area contributed by atoms with Crippen molar-refractivity contribution in [1.82, 2.24) is 15.0 Å².